The van der Waals surface area contributed by atoms with Crippen LogP contribution in [0.25, 0.3) is 0 Å². The molecule has 8 heteroatoms. The van der Waals surface area contributed by atoms with Gasteiger partial charge in [0.25, 0.3) is 11.8 Å². The first kappa shape index (κ1) is 25.8. The zero-order chi connectivity index (χ0) is 25.7. The number of piperidine rings is 1. The minimum Gasteiger partial charge on any atom is -0.393 e. The third-order valence-electron chi connectivity index (χ3n) is 6.49. The molecule has 1 aliphatic rings. The van der Waals surface area contributed by atoms with Gasteiger partial charge in [-0.25, -0.2) is 5.43 Å². The second kappa shape index (κ2) is 11.6. The number of nitrogens with one attached hydrogen (secondary N) is 2. The number of likely N-dealkylation sites (tertiary alicyclic amines) is 1. The normalized spacial score (nSPS) is 14.8. The molecule has 0 saturated carbocycles. The number of aryl methyl sites for hydroxylation is 3. The number of hydrogen-bond donors (Lipinski definition) is 3. The summed E-state index contributed by atoms with van der Waals surface area (Å²) in [5.74, 6) is -0.634. The van der Waals surface area contributed by atoms with Crippen molar-refractivity contribution in [2.75, 3.05) is 18.4 Å². The Hall–Kier alpha value is -3.33. The number of aliphatic hydroxyl groups is 1. The number of nitrogens with zero attached hydrogens (tertiary/aromatic N) is 2. The third kappa shape index (κ3) is 6.46. The zero-order valence-electron chi connectivity index (χ0n) is 20.9. The summed E-state index contributed by atoms with van der Waals surface area (Å²) in [4.78, 5) is 28.2. The summed E-state index contributed by atoms with van der Waals surface area (Å²) < 4.78 is 0. The number of aliphatic hydroxyl groups excluding tert-OH is 1. The van der Waals surface area contributed by atoms with Gasteiger partial charge in [0, 0.05) is 25.2 Å². The van der Waals surface area contributed by atoms with Gasteiger partial charge in [-0.15, -0.1) is 11.3 Å². The lowest BCUT2D eigenvalue weighted by Crippen LogP contribution is -2.35. The molecule has 0 atom stereocenters. The summed E-state index contributed by atoms with van der Waals surface area (Å²) in [5, 5.41) is 19.1. The summed E-state index contributed by atoms with van der Waals surface area (Å²) in [6, 6.07) is 13.5. The highest BCUT2D eigenvalue weighted by Gasteiger charge is 2.20. The molecule has 36 heavy (non-hydrogen) atoms. The highest BCUT2D eigenvalue weighted by molar-refractivity contribution is 7.15. The quantitative estimate of drug-likeness (QED) is 0.323. The van der Waals surface area contributed by atoms with Gasteiger partial charge in [0.2, 0.25) is 0 Å². The second-order valence-corrected chi connectivity index (χ2v) is 10.2. The lowest BCUT2D eigenvalue weighted by molar-refractivity contribution is 0.0792. The van der Waals surface area contributed by atoms with E-state index in [-0.39, 0.29) is 17.9 Å². The van der Waals surface area contributed by atoms with E-state index in [1.54, 1.807) is 12.3 Å². The Morgan fingerprint density at radius 1 is 1.06 bits per heavy atom. The molecule has 188 valence electrons. The number of hydrazone groups is 1. The summed E-state index contributed by atoms with van der Waals surface area (Å²) in [6.07, 6.45) is 2.95. The standard InChI is InChI=1S/C28H32N4O3S/c1-18-7-8-21(13-19(18)2)15-29-31-27(35)25-20(3)17-36-28(25)30-26(34)23-6-4-5-22(14-23)16-32-11-9-24(33)10-12-32/h4-8,13-15,17,24,33H,9-12,16H2,1-3H3,(H,30,34)(H,31,35). The van der Waals surface area contributed by atoms with Crippen LogP contribution in [-0.2, 0) is 6.54 Å². The van der Waals surface area contributed by atoms with Crippen molar-refractivity contribution in [3.05, 3.63) is 86.8 Å². The highest BCUT2D eigenvalue weighted by Crippen LogP contribution is 2.28. The van der Waals surface area contributed by atoms with E-state index in [1.807, 2.05) is 62.5 Å². The van der Waals surface area contributed by atoms with Gasteiger partial charge in [0.1, 0.15) is 5.00 Å². The van der Waals surface area contributed by atoms with Crippen molar-refractivity contribution in [2.24, 2.45) is 5.10 Å². The molecule has 1 aromatic heterocycles. The largest absolute Gasteiger partial charge is 0.393 e. The Morgan fingerprint density at radius 3 is 2.58 bits per heavy atom. The number of anilines is 1. The van der Waals surface area contributed by atoms with Gasteiger partial charge in [-0.1, -0.05) is 30.3 Å². The van der Waals surface area contributed by atoms with E-state index in [1.165, 1.54) is 16.9 Å². The van der Waals surface area contributed by atoms with Crippen LogP contribution in [0, 0.1) is 20.8 Å². The molecule has 7 nitrogen and oxygen atoms in total. The van der Waals surface area contributed by atoms with Crippen molar-refractivity contribution in [1.29, 1.82) is 0 Å². The first-order chi connectivity index (χ1) is 17.3. The molecule has 2 heterocycles. The van der Waals surface area contributed by atoms with Crippen LogP contribution in [-0.4, -0.2) is 47.2 Å². The van der Waals surface area contributed by atoms with Crippen LogP contribution in [0.1, 0.15) is 61.4 Å². The molecule has 1 fully saturated rings. The predicted molar refractivity (Wildman–Crippen MR) is 145 cm³/mol. The van der Waals surface area contributed by atoms with Crippen LogP contribution in [0.4, 0.5) is 5.00 Å². The summed E-state index contributed by atoms with van der Waals surface area (Å²) in [5.41, 5.74) is 8.59. The van der Waals surface area contributed by atoms with Gasteiger partial charge >= 0.3 is 0 Å². The molecule has 4 rings (SSSR count). The maximum atomic E-state index is 13.0. The van der Waals surface area contributed by atoms with E-state index in [0.717, 1.165) is 54.7 Å². The van der Waals surface area contributed by atoms with E-state index in [2.05, 4.69) is 20.7 Å². The summed E-state index contributed by atoms with van der Waals surface area (Å²) in [7, 11) is 0. The van der Waals surface area contributed by atoms with Crippen molar-refractivity contribution in [3.63, 3.8) is 0 Å². The van der Waals surface area contributed by atoms with E-state index in [9.17, 15) is 14.7 Å². The molecule has 0 spiro atoms. The number of hydrogen-bond acceptors (Lipinski definition) is 6. The summed E-state index contributed by atoms with van der Waals surface area (Å²) >= 11 is 1.32. The number of rotatable bonds is 7. The second-order valence-electron chi connectivity index (χ2n) is 9.33. The number of thiophene rings is 1. The van der Waals surface area contributed by atoms with Gasteiger partial charge in [0.05, 0.1) is 17.9 Å². The van der Waals surface area contributed by atoms with Gasteiger partial charge < -0.3 is 10.4 Å². The van der Waals surface area contributed by atoms with Crippen molar-refractivity contribution in [3.8, 4) is 0 Å². The molecular formula is C28H32N4O3S. The van der Waals surface area contributed by atoms with Crippen LogP contribution >= 0.6 is 11.3 Å². The Balaban J connectivity index is 1.40. The van der Waals surface area contributed by atoms with Crippen molar-refractivity contribution >= 4 is 34.4 Å². The lowest BCUT2D eigenvalue weighted by Gasteiger charge is -2.29. The first-order valence-corrected chi connectivity index (χ1v) is 13.0. The Bertz CT molecular complexity index is 1280. The van der Waals surface area contributed by atoms with Crippen molar-refractivity contribution in [1.82, 2.24) is 10.3 Å². The van der Waals surface area contributed by atoms with E-state index in [0.29, 0.717) is 16.1 Å². The SMILES string of the molecule is Cc1ccc(C=NNC(=O)c2c(C)csc2NC(=O)c2cccc(CN3CCC(O)CC3)c2)cc1C. The molecule has 1 aliphatic heterocycles. The minimum atomic E-state index is -0.370. The molecule has 0 unspecified atom stereocenters. The van der Waals surface area contributed by atoms with Crippen LogP contribution in [0.2, 0.25) is 0 Å². The van der Waals surface area contributed by atoms with Crippen LogP contribution < -0.4 is 10.7 Å². The van der Waals surface area contributed by atoms with E-state index >= 15 is 0 Å². The van der Waals surface area contributed by atoms with Crippen LogP contribution in [0.15, 0.2) is 52.9 Å². The topological polar surface area (TPSA) is 94.0 Å². The first-order valence-electron chi connectivity index (χ1n) is 12.1. The number of benzene rings is 2. The van der Waals surface area contributed by atoms with E-state index in [4.69, 9.17) is 0 Å². The molecule has 1 saturated heterocycles. The number of amides is 2. The molecule has 3 aromatic rings. The maximum absolute atomic E-state index is 13.0. The molecule has 3 N–H and O–H groups in total. The predicted octanol–water partition coefficient (Wildman–Crippen LogP) is 4.65. The minimum absolute atomic E-state index is 0.212. The van der Waals surface area contributed by atoms with Crippen LogP contribution in [0.3, 0.4) is 0 Å². The average molecular weight is 505 g/mol. The average Bonchev–Trinajstić information content (AvgIpc) is 3.22. The monoisotopic (exact) mass is 504 g/mol. The van der Waals surface area contributed by atoms with Gasteiger partial charge in [-0.05, 0) is 78.9 Å². The van der Waals surface area contributed by atoms with Crippen LogP contribution in [0.5, 0.6) is 0 Å². The fourth-order valence-corrected chi connectivity index (χ4v) is 5.14. The molecule has 0 aliphatic carbocycles. The molecular weight excluding hydrogens is 472 g/mol. The van der Waals surface area contributed by atoms with Gasteiger partial charge in [0.15, 0.2) is 0 Å². The summed E-state index contributed by atoms with van der Waals surface area (Å²) in [6.45, 7) is 8.34. The van der Waals surface area contributed by atoms with Gasteiger partial charge in [-0.3, -0.25) is 14.5 Å². The smallest absolute Gasteiger partial charge is 0.274 e. The highest BCUT2D eigenvalue weighted by atomic mass is 32.1. The number of carbonyl (C=O) groups excluding carboxylic acids is 2. The molecule has 2 aromatic carbocycles. The maximum Gasteiger partial charge on any atom is 0.274 e. The van der Waals surface area contributed by atoms with E-state index < -0.39 is 0 Å². The molecule has 2 amide bonds. The lowest BCUT2D eigenvalue weighted by atomic mass is 10.1. The Labute approximate surface area is 215 Å². The Kier molecular flexibility index (Phi) is 8.30. The molecule has 0 radical (unpaired) electrons. The number of carbonyl (C=O) groups is 2. The third-order valence-corrected chi connectivity index (χ3v) is 7.51. The van der Waals surface area contributed by atoms with Gasteiger partial charge in [-0.2, -0.15) is 5.10 Å². The Morgan fingerprint density at radius 2 is 1.83 bits per heavy atom. The fourth-order valence-electron chi connectivity index (χ4n) is 4.21. The van der Waals surface area contributed by atoms with Crippen molar-refractivity contribution in [2.45, 2.75) is 46.3 Å². The molecule has 0 bridgehead atoms. The van der Waals surface area contributed by atoms with Crippen molar-refractivity contribution < 1.29 is 14.7 Å². The fraction of sp³-hybridized carbons (Fsp3) is 0.321. The zero-order valence-corrected chi connectivity index (χ0v) is 21.7.